The molecule has 0 bridgehead atoms. The highest BCUT2D eigenvalue weighted by Gasteiger charge is 2.15. The van der Waals surface area contributed by atoms with Gasteiger partial charge < -0.3 is 15.0 Å². The average molecular weight is 394 g/mol. The number of benzene rings is 1. The second-order valence-corrected chi connectivity index (χ2v) is 7.55. The number of imidazole rings is 1. The Morgan fingerprint density at radius 3 is 2.62 bits per heavy atom. The fourth-order valence-corrected chi connectivity index (χ4v) is 2.45. The summed E-state index contributed by atoms with van der Waals surface area (Å²) in [7, 11) is 0. The molecule has 0 aliphatic rings. The number of aromatic amines is 1. The Morgan fingerprint density at radius 2 is 1.96 bits per heavy atom. The van der Waals surface area contributed by atoms with Crippen LogP contribution in [0.3, 0.4) is 0 Å². The Kier molecular flexibility index (Phi) is 6.43. The summed E-state index contributed by atoms with van der Waals surface area (Å²) in [5.74, 6) is 0.963. The zero-order valence-electron chi connectivity index (χ0n) is 14.4. The predicted molar refractivity (Wildman–Crippen MR) is 98.9 cm³/mol. The molecule has 1 aromatic heterocycles. The second kappa shape index (κ2) is 8.33. The van der Waals surface area contributed by atoms with Crippen molar-refractivity contribution in [3.63, 3.8) is 0 Å². The zero-order valence-corrected chi connectivity index (χ0v) is 15.9. The van der Waals surface area contributed by atoms with Gasteiger partial charge in [0.05, 0.1) is 11.9 Å². The number of hydrogen-bond donors (Lipinski definition) is 2. The van der Waals surface area contributed by atoms with Crippen molar-refractivity contribution in [3.05, 3.63) is 40.8 Å². The maximum atomic E-state index is 11.5. The third-order valence-corrected chi connectivity index (χ3v) is 3.82. The Balaban J connectivity index is 1.70. The number of halogens is 1. The number of aromatic nitrogens is 2. The van der Waals surface area contributed by atoms with Crippen LogP contribution in [0.2, 0.25) is 0 Å². The number of carbonyl (C=O) groups excluding carboxylic acids is 1. The molecule has 2 N–H and O–H groups in total. The lowest BCUT2D eigenvalue weighted by Gasteiger charge is -2.19. The Labute approximate surface area is 151 Å². The third-order valence-electron chi connectivity index (χ3n) is 3.29. The van der Waals surface area contributed by atoms with Gasteiger partial charge in [0.25, 0.3) is 0 Å². The molecule has 0 atom stereocenters. The summed E-state index contributed by atoms with van der Waals surface area (Å²) >= 11 is 3.43. The van der Waals surface area contributed by atoms with Gasteiger partial charge in [-0.25, -0.2) is 9.78 Å². The predicted octanol–water partition coefficient (Wildman–Crippen LogP) is 4.69. The molecule has 1 heterocycles. The molecule has 130 valence electrons. The normalized spacial score (nSPS) is 11.3. The van der Waals surface area contributed by atoms with E-state index in [0.717, 1.165) is 40.8 Å². The van der Waals surface area contributed by atoms with Gasteiger partial charge in [0.2, 0.25) is 0 Å². The molecule has 5 nitrogen and oxygen atoms in total. The lowest BCUT2D eigenvalue weighted by molar-refractivity contribution is 0.0527. The first-order valence-electron chi connectivity index (χ1n) is 8.10. The summed E-state index contributed by atoms with van der Waals surface area (Å²) in [4.78, 5) is 19.3. The van der Waals surface area contributed by atoms with Crippen molar-refractivity contribution in [1.82, 2.24) is 15.3 Å². The molecule has 0 spiro atoms. The van der Waals surface area contributed by atoms with Gasteiger partial charge in [0, 0.05) is 17.4 Å². The van der Waals surface area contributed by atoms with Gasteiger partial charge >= 0.3 is 6.09 Å². The summed E-state index contributed by atoms with van der Waals surface area (Å²) in [5, 5.41) is 2.77. The summed E-state index contributed by atoms with van der Waals surface area (Å²) in [6, 6.07) is 8.12. The molecule has 0 saturated carbocycles. The SMILES string of the molecule is CC(C)(C)OC(=O)NCCCCc1ncc(-c2ccc(Br)cc2)[nH]1. The number of aryl methyl sites for hydroxylation is 1. The van der Waals surface area contributed by atoms with Crippen LogP contribution in [0.15, 0.2) is 34.9 Å². The van der Waals surface area contributed by atoms with Gasteiger partial charge in [-0.05, 0) is 51.3 Å². The van der Waals surface area contributed by atoms with E-state index in [0.29, 0.717) is 6.54 Å². The molecular weight excluding hydrogens is 370 g/mol. The summed E-state index contributed by atoms with van der Waals surface area (Å²) in [6.45, 7) is 6.17. The van der Waals surface area contributed by atoms with Crippen molar-refractivity contribution in [2.75, 3.05) is 6.54 Å². The fraction of sp³-hybridized carbons (Fsp3) is 0.444. The van der Waals surface area contributed by atoms with Crippen LogP contribution in [0, 0.1) is 0 Å². The van der Waals surface area contributed by atoms with Crippen LogP contribution in [-0.2, 0) is 11.2 Å². The van der Waals surface area contributed by atoms with E-state index >= 15 is 0 Å². The number of nitrogens with zero attached hydrogens (tertiary/aromatic N) is 1. The molecule has 0 aliphatic heterocycles. The number of unbranched alkanes of at least 4 members (excludes halogenated alkanes) is 1. The van der Waals surface area contributed by atoms with Crippen molar-refractivity contribution in [1.29, 1.82) is 0 Å². The van der Waals surface area contributed by atoms with Crippen molar-refractivity contribution >= 4 is 22.0 Å². The maximum absolute atomic E-state index is 11.5. The van der Waals surface area contributed by atoms with Crippen LogP contribution in [-0.4, -0.2) is 28.2 Å². The molecule has 0 radical (unpaired) electrons. The van der Waals surface area contributed by atoms with Gasteiger partial charge in [0.15, 0.2) is 0 Å². The Hall–Kier alpha value is -1.82. The van der Waals surface area contributed by atoms with E-state index in [-0.39, 0.29) is 6.09 Å². The van der Waals surface area contributed by atoms with E-state index in [1.807, 2.05) is 51.2 Å². The van der Waals surface area contributed by atoms with E-state index in [2.05, 4.69) is 31.2 Å². The van der Waals surface area contributed by atoms with E-state index < -0.39 is 5.60 Å². The number of H-pyrrole nitrogens is 1. The Morgan fingerprint density at radius 1 is 1.25 bits per heavy atom. The number of alkyl carbamates (subject to hydrolysis) is 1. The van der Waals surface area contributed by atoms with Crippen molar-refractivity contribution in [2.45, 2.75) is 45.6 Å². The summed E-state index contributed by atoms with van der Waals surface area (Å²) < 4.78 is 6.25. The van der Waals surface area contributed by atoms with Crippen LogP contribution in [0.25, 0.3) is 11.3 Å². The fourth-order valence-electron chi connectivity index (χ4n) is 2.19. The molecule has 24 heavy (non-hydrogen) atoms. The monoisotopic (exact) mass is 393 g/mol. The van der Waals surface area contributed by atoms with Crippen molar-refractivity contribution in [2.24, 2.45) is 0 Å². The van der Waals surface area contributed by atoms with Crippen LogP contribution < -0.4 is 5.32 Å². The zero-order chi connectivity index (χ0) is 17.6. The highest BCUT2D eigenvalue weighted by atomic mass is 79.9. The Bertz CT molecular complexity index is 660. The van der Waals surface area contributed by atoms with Crippen molar-refractivity contribution in [3.8, 4) is 11.3 Å². The number of nitrogens with one attached hydrogen (secondary N) is 2. The number of hydrogen-bond acceptors (Lipinski definition) is 3. The standard InChI is InChI=1S/C18H24BrN3O2/c1-18(2,3)24-17(23)20-11-5-4-6-16-21-12-15(22-16)13-7-9-14(19)10-8-13/h7-10,12H,4-6,11H2,1-3H3,(H,20,23)(H,21,22). The molecule has 0 saturated heterocycles. The molecule has 1 amide bonds. The van der Waals surface area contributed by atoms with Gasteiger partial charge in [-0.15, -0.1) is 0 Å². The largest absolute Gasteiger partial charge is 0.444 e. The van der Waals surface area contributed by atoms with E-state index in [1.165, 1.54) is 0 Å². The van der Waals surface area contributed by atoms with Crippen LogP contribution in [0.1, 0.15) is 39.4 Å². The quantitative estimate of drug-likeness (QED) is 0.699. The number of carbonyl (C=O) groups is 1. The van der Waals surface area contributed by atoms with Crippen LogP contribution in [0.5, 0.6) is 0 Å². The molecule has 6 heteroatoms. The number of rotatable bonds is 6. The van der Waals surface area contributed by atoms with Crippen LogP contribution in [0.4, 0.5) is 4.79 Å². The van der Waals surface area contributed by atoms with E-state index in [9.17, 15) is 4.79 Å². The average Bonchev–Trinajstić information content (AvgIpc) is 2.94. The first-order valence-corrected chi connectivity index (χ1v) is 8.89. The van der Waals surface area contributed by atoms with E-state index in [4.69, 9.17) is 4.74 Å². The first-order chi connectivity index (χ1) is 11.3. The second-order valence-electron chi connectivity index (χ2n) is 6.64. The van der Waals surface area contributed by atoms with Gasteiger partial charge in [-0.1, -0.05) is 28.1 Å². The highest BCUT2D eigenvalue weighted by molar-refractivity contribution is 9.10. The minimum Gasteiger partial charge on any atom is -0.444 e. The lowest BCUT2D eigenvalue weighted by atomic mass is 10.2. The molecule has 1 aromatic carbocycles. The summed E-state index contributed by atoms with van der Waals surface area (Å²) in [6.07, 6.45) is 4.18. The minimum atomic E-state index is -0.457. The number of amides is 1. The molecular formula is C18H24BrN3O2. The molecule has 0 unspecified atom stereocenters. The minimum absolute atomic E-state index is 0.363. The first kappa shape index (κ1) is 18.5. The molecule has 0 aliphatic carbocycles. The molecule has 0 fully saturated rings. The smallest absolute Gasteiger partial charge is 0.407 e. The van der Waals surface area contributed by atoms with Crippen LogP contribution >= 0.6 is 15.9 Å². The lowest BCUT2D eigenvalue weighted by Crippen LogP contribution is -2.33. The van der Waals surface area contributed by atoms with Gasteiger partial charge in [-0.3, -0.25) is 0 Å². The molecule has 2 rings (SSSR count). The third kappa shape index (κ3) is 6.35. The van der Waals surface area contributed by atoms with Gasteiger partial charge in [0.1, 0.15) is 11.4 Å². The molecule has 2 aromatic rings. The number of ether oxygens (including phenoxy) is 1. The highest BCUT2D eigenvalue weighted by Crippen LogP contribution is 2.20. The van der Waals surface area contributed by atoms with Crippen molar-refractivity contribution < 1.29 is 9.53 Å². The topological polar surface area (TPSA) is 67.0 Å². The maximum Gasteiger partial charge on any atom is 0.407 e. The van der Waals surface area contributed by atoms with Gasteiger partial charge in [-0.2, -0.15) is 0 Å². The summed E-state index contributed by atoms with van der Waals surface area (Å²) in [5.41, 5.74) is 1.68. The van der Waals surface area contributed by atoms with E-state index in [1.54, 1.807) is 0 Å².